The van der Waals surface area contributed by atoms with E-state index in [1.165, 1.54) is 58.6 Å². The molecule has 43 heavy (non-hydrogen) atoms. The number of pyridine rings is 3. The van der Waals surface area contributed by atoms with Gasteiger partial charge in [-0.1, -0.05) is 86.8 Å². The summed E-state index contributed by atoms with van der Waals surface area (Å²) in [5.74, 6) is 0. The topological polar surface area (TPSA) is 43.6 Å². The molecule has 0 spiro atoms. The van der Waals surface area contributed by atoms with Gasteiger partial charge in [0.15, 0.2) is 0 Å². The lowest BCUT2D eigenvalue weighted by Gasteiger charge is -2.10. The van der Waals surface area contributed by atoms with E-state index in [2.05, 4.69) is 100 Å². The SMILES string of the molecule is CCCCCCn1c2ccccc2c2cc(-c3ccc(-c4cc(-c5ccccn5)nc(-c5ccccn5)c4)cc3)ccc21. The van der Waals surface area contributed by atoms with E-state index in [4.69, 9.17) is 4.98 Å². The maximum absolute atomic E-state index is 4.92. The molecule has 0 radical (unpaired) electrons. The lowest BCUT2D eigenvalue weighted by Crippen LogP contribution is -1.97. The van der Waals surface area contributed by atoms with Gasteiger partial charge in [0.25, 0.3) is 0 Å². The average Bonchev–Trinajstić information content (AvgIpc) is 3.40. The summed E-state index contributed by atoms with van der Waals surface area (Å²) in [7, 11) is 0. The molecule has 0 amide bonds. The maximum atomic E-state index is 4.92. The minimum atomic E-state index is 0.833. The summed E-state index contributed by atoms with van der Waals surface area (Å²) in [6.45, 7) is 3.33. The van der Waals surface area contributed by atoms with Gasteiger partial charge in [-0.2, -0.15) is 0 Å². The first kappa shape index (κ1) is 26.8. The zero-order chi connectivity index (χ0) is 29.0. The van der Waals surface area contributed by atoms with Gasteiger partial charge in [-0.25, -0.2) is 4.98 Å². The van der Waals surface area contributed by atoms with Crippen molar-refractivity contribution >= 4 is 21.8 Å². The van der Waals surface area contributed by atoms with Gasteiger partial charge in [-0.15, -0.1) is 0 Å². The molecule has 0 saturated carbocycles. The largest absolute Gasteiger partial charge is 0.340 e. The van der Waals surface area contributed by atoms with Crippen molar-refractivity contribution in [3.8, 4) is 45.0 Å². The molecule has 0 unspecified atom stereocenters. The first-order valence-electron chi connectivity index (χ1n) is 15.3. The third-order valence-electron chi connectivity index (χ3n) is 8.24. The van der Waals surface area contributed by atoms with Crippen molar-refractivity contribution in [1.82, 2.24) is 19.5 Å². The molecule has 3 aromatic carbocycles. The van der Waals surface area contributed by atoms with Crippen LogP contribution in [0.3, 0.4) is 0 Å². The number of fused-ring (bicyclic) bond motifs is 3. The van der Waals surface area contributed by atoms with Crippen LogP contribution in [0.4, 0.5) is 0 Å². The Hall–Kier alpha value is -5.09. The fourth-order valence-electron chi connectivity index (χ4n) is 6.01. The second-order valence-electron chi connectivity index (χ2n) is 11.1. The minimum Gasteiger partial charge on any atom is -0.340 e. The minimum absolute atomic E-state index is 0.833. The van der Waals surface area contributed by atoms with Crippen LogP contribution in [0.1, 0.15) is 32.6 Å². The van der Waals surface area contributed by atoms with Crippen molar-refractivity contribution in [3.63, 3.8) is 0 Å². The number of nitrogens with zero attached hydrogens (tertiary/aromatic N) is 4. The van der Waals surface area contributed by atoms with Crippen LogP contribution in [0.25, 0.3) is 66.8 Å². The predicted octanol–water partition coefficient (Wildman–Crippen LogP) is 10.2. The molecular formula is C39H34N4. The monoisotopic (exact) mass is 558 g/mol. The van der Waals surface area contributed by atoms with Gasteiger partial charge >= 0.3 is 0 Å². The number of rotatable bonds is 9. The molecule has 0 saturated heterocycles. The number of para-hydroxylation sites is 1. The highest BCUT2D eigenvalue weighted by Gasteiger charge is 2.13. The summed E-state index contributed by atoms with van der Waals surface area (Å²) in [6.07, 6.45) is 8.65. The van der Waals surface area contributed by atoms with E-state index in [0.29, 0.717) is 0 Å². The Kier molecular flexibility index (Phi) is 7.49. The number of hydrogen-bond acceptors (Lipinski definition) is 3. The average molecular weight is 559 g/mol. The van der Waals surface area contributed by atoms with E-state index >= 15 is 0 Å². The third kappa shape index (κ3) is 5.44. The number of hydrogen-bond donors (Lipinski definition) is 0. The Balaban J connectivity index is 1.25. The van der Waals surface area contributed by atoms with Gasteiger partial charge < -0.3 is 4.57 Å². The molecule has 4 aromatic heterocycles. The molecular weight excluding hydrogens is 524 g/mol. The highest BCUT2D eigenvalue weighted by molar-refractivity contribution is 6.09. The Morgan fingerprint density at radius 1 is 0.488 bits per heavy atom. The van der Waals surface area contributed by atoms with E-state index < -0.39 is 0 Å². The van der Waals surface area contributed by atoms with Gasteiger partial charge in [0, 0.05) is 40.7 Å². The molecule has 0 aliphatic carbocycles. The van der Waals surface area contributed by atoms with Crippen LogP contribution in [-0.2, 0) is 6.54 Å². The van der Waals surface area contributed by atoms with E-state index in [0.717, 1.165) is 40.4 Å². The maximum Gasteiger partial charge on any atom is 0.0900 e. The molecule has 0 atom stereocenters. The molecule has 7 aromatic rings. The van der Waals surface area contributed by atoms with Crippen molar-refractivity contribution in [3.05, 3.63) is 128 Å². The van der Waals surface area contributed by atoms with E-state index in [1.807, 2.05) is 36.4 Å². The lowest BCUT2D eigenvalue weighted by molar-refractivity contribution is 0.602. The number of benzene rings is 3. The van der Waals surface area contributed by atoms with Crippen LogP contribution in [0.2, 0.25) is 0 Å². The summed E-state index contributed by atoms with van der Waals surface area (Å²) in [5.41, 5.74) is 10.6. The smallest absolute Gasteiger partial charge is 0.0900 e. The fourth-order valence-corrected chi connectivity index (χ4v) is 6.01. The molecule has 0 bridgehead atoms. The van der Waals surface area contributed by atoms with Crippen molar-refractivity contribution in [2.75, 3.05) is 0 Å². The molecule has 7 rings (SSSR count). The van der Waals surface area contributed by atoms with E-state index in [-0.39, 0.29) is 0 Å². The van der Waals surface area contributed by atoms with Crippen LogP contribution < -0.4 is 0 Å². The van der Waals surface area contributed by atoms with Crippen LogP contribution >= 0.6 is 0 Å². The van der Waals surface area contributed by atoms with Crippen molar-refractivity contribution in [2.24, 2.45) is 0 Å². The fraction of sp³-hybridized carbons (Fsp3) is 0.154. The molecule has 4 nitrogen and oxygen atoms in total. The summed E-state index contributed by atoms with van der Waals surface area (Å²) in [5, 5.41) is 2.65. The van der Waals surface area contributed by atoms with Gasteiger partial charge in [0.1, 0.15) is 0 Å². The van der Waals surface area contributed by atoms with Crippen LogP contribution in [0, 0.1) is 0 Å². The van der Waals surface area contributed by atoms with E-state index in [1.54, 1.807) is 12.4 Å². The Bertz CT molecular complexity index is 1930. The molecule has 0 N–H and O–H groups in total. The number of aromatic nitrogens is 4. The van der Waals surface area contributed by atoms with Gasteiger partial charge in [-0.3, -0.25) is 9.97 Å². The highest BCUT2D eigenvalue weighted by atomic mass is 15.0. The molecule has 0 aliphatic heterocycles. The Labute approximate surface area is 252 Å². The molecule has 0 fully saturated rings. The third-order valence-corrected chi connectivity index (χ3v) is 8.24. The first-order chi connectivity index (χ1) is 21.3. The van der Waals surface area contributed by atoms with Crippen molar-refractivity contribution < 1.29 is 0 Å². The summed E-state index contributed by atoms with van der Waals surface area (Å²) >= 11 is 0. The standard InChI is InChI=1S/C39H34N4/c1-2-3-4-11-24-43-38-15-6-5-12-32(38)33-25-30(20-21-39(33)43)28-16-18-29(19-17-28)31-26-36(34-13-7-9-22-40-34)42-37(27-31)35-14-8-10-23-41-35/h5-10,12-23,25-27H,2-4,11,24H2,1H3. The summed E-state index contributed by atoms with van der Waals surface area (Å²) in [6, 6.07) is 40.7. The molecule has 4 heterocycles. The van der Waals surface area contributed by atoms with Gasteiger partial charge in [0.2, 0.25) is 0 Å². The number of aryl methyl sites for hydroxylation is 1. The predicted molar refractivity (Wildman–Crippen MR) is 179 cm³/mol. The van der Waals surface area contributed by atoms with Gasteiger partial charge in [0.05, 0.1) is 22.8 Å². The Morgan fingerprint density at radius 2 is 1.09 bits per heavy atom. The second-order valence-corrected chi connectivity index (χ2v) is 11.1. The molecule has 210 valence electrons. The van der Waals surface area contributed by atoms with Crippen LogP contribution in [0.15, 0.2) is 128 Å². The summed E-state index contributed by atoms with van der Waals surface area (Å²) in [4.78, 5) is 14.0. The quantitative estimate of drug-likeness (QED) is 0.166. The van der Waals surface area contributed by atoms with E-state index in [9.17, 15) is 0 Å². The van der Waals surface area contributed by atoms with Crippen LogP contribution in [-0.4, -0.2) is 19.5 Å². The second kappa shape index (κ2) is 12.0. The zero-order valence-corrected chi connectivity index (χ0v) is 24.4. The summed E-state index contributed by atoms with van der Waals surface area (Å²) < 4.78 is 2.51. The molecule has 0 aliphatic rings. The van der Waals surface area contributed by atoms with Crippen molar-refractivity contribution in [2.45, 2.75) is 39.2 Å². The zero-order valence-electron chi connectivity index (χ0n) is 24.4. The normalized spacial score (nSPS) is 11.4. The van der Waals surface area contributed by atoms with Gasteiger partial charge in [-0.05, 0) is 83.3 Å². The lowest BCUT2D eigenvalue weighted by atomic mass is 9.98. The molecule has 4 heteroatoms. The Morgan fingerprint density at radius 3 is 1.74 bits per heavy atom. The van der Waals surface area contributed by atoms with Crippen molar-refractivity contribution in [1.29, 1.82) is 0 Å². The highest BCUT2D eigenvalue weighted by Crippen LogP contribution is 2.35. The first-order valence-corrected chi connectivity index (χ1v) is 15.3. The number of unbranched alkanes of at least 4 members (excludes halogenated alkanes) is 3. The van der Waals surface area contributed by atoms with Crippen LogP contribution in [0.5, 0.6) is 0 Å².